The molecule has 1 aliphatic heterocycles. The second-order valence-electron chi connectivity index (χ2n) is 6.57. The average molecular weight is 252 g/mol. The molecule has 2 aliphatic rings. The van der Waals surface area contributed by atoms with Crippen molar-refractivity contribution in [3.05, 3.63) is 0 Å². The SMILES string of the molecule is CC(C)CC1CCCC(NC2CCC(=O)NC2)C1. The standard InChI is InChI=1S/C15H28N2O/c1-11(2)8-12-4-3-5-13(9-12)17-14-6-7-15(18)16-10-14/h11-14,17H,3-10H2,1-2H3,(H,16,18). The van der Waals surface area contributed by atoms with Crippen LogP contribution in [-0.2, 0) is 4.79 Å². The van der Waals surface area contributed by atoms with Gasteiger partial charge in [0, 0.05) is 25.0 Å². The van der Waals surface area contributed by atoms with E-state index in [4.69, 9.17) is 0 Å². The topological polar surface area (TPSA) is 41.1 Å². The molecule has 3 nitrogen and oxygen atoms in total. The van der Waals surface area contributed by atoms with E-state index in [0.717, 1.165) is 24.8 Å². The van der Waals surface area contributed by atoms with Crippen LogP contribution >= 0.6 is 0 Å². The van der Waals surface area contributed by atoms with Crippen LogP contribution in [0.15, 0.2) is 0 Å². The monoisotopic (exact) mass is 252 g/mol. The van der Waals surface area contributed by atoms with Crippen LogP contribution in [-0.4, -0.2) is 24.5 Å². The molecular weight excluding hydrogens is 224 g/mol. The second-order valence-corrected chi connectivity index (χ2v) is 6.57. The van der Waals surface area contributed by atoms with Crippen LogP contribution in [0.5, 0.6) is 0 Å². The highest BCUT2D eigenvalue weighted by Gasteiger charge is 2.26. The summed E-state index contributed by atoms with van der Waals surface area (Å²) in [5.74, 6) is 1.95. The molecule has 3 atom stereocenters. The lowest BCUT2D eigenvalue weighted by molar-refractivity contribution is -0.122. The van der Waals surface area contributed by atoms with Gasteiger partial charge in [0.25, 0.3) is 0 Å². The number of hydrogen-bond acceptors (Lipinski definition) is 2. The van der Waals surface area contributed by atoms with E-state index < -0.39 is 0 Å². The third-order valence-corrected chi connectivity index (χ3v) is 4.32. The largest absolute Gasteiger partial charge is 0.355 e. The maximum Gasteiger partial charge on any atom is 0.220 e. The molecule has 0 aromatic carbocycles. The van der Waals surface area contributed by atoms with Crippen LogP contribution in [0.4, 0.5) is 0 Å². The fourth-order valence-electron chi connectivity index (χ4n) is 3.53. The Morgan fingerprint density at radius 1 is 1.28 bits per heavy atom. The predicted molar refractivity (Wildman–Crippen MR) is 74.4 cm³/mol. The van der Waals surface area contributed by atoms with Gasteiger partial charge in [0.2, 0.25) is 5.91 Å². The summed E-state index contributed by atoms with van der Waals surface area (Å²) >= 11 is 0. The maximum atomic E-state index is 11.1. The van der Waals surface area contributed by atoms with E-state index >= 15 is 0 Å². The molecule has 1 saturated carbocycles. The van der Waals surface area contributed by atoms with Gasteiger partial charge in [0.15, 0.2) is 0 Å². The van der Waals surface area contributed by atoms with Crippen molar-refractivity contribution in [2.45, 2.75) is 70.9 Å². The molecular formula is C15H28N2O. The number of hydrogen-bond donors (Lipinski definition) is 2. The molecule has 2 fully saturated rings. The molecule has 1 amide bonds. The molecule has 2 rings (SSSR count). The first-order chi connectivity index (χ1) is 8.63. The molecule has 0 radical (unpaired) electrons. The summed E-state index contributed by atoms with van der Waals surface area (Å²) in [4.78, 5) is 11.1. The van der Waals surface area contributed by atoms with Crippen LogP contribution in [0.1, 0.15) is 58.8 Å². The number of carbonyl (C=O) groups is 1. The molecule has 2 N–H and O–H groups in total. The summed E-state index contributed by atoms with van der Waals surface area (Å²) in [6.45, 7) is 5.48. The minimum Gasteiger partial charge on any atom is -0.355 e. The van der Waals surface area contributed by atoms with Crippen molar-refractivity contribution in [1.29, 1.82) is 0 Å². The Balaban J connectivity index is 1.73. The molecule has 0 spiro atoms. The highest BCUT2D eigenvalue weighted by Crippen LogP contribution is 2.29. The molecule has 1 aliphatic carbocycles. The molecule has 18 heavy (non-hydrogen) atoms. The Labute approximate surface area is 111 Å². The molecule has 3 heteroatoms. The zero-order valence-electron chi connectivity index (χ0n) is 11.9. The van der Waals surface area contributed by atoms with E-state index in [1.807, 2.05) is 0 Å². The lowest BCUT2D eigenvalue weighted by atomic mass is 9.81. The van der Waals surface area contributed by atoms with E-state index in [-0.39, 0.29) is 5.91 Å². The smallest absolute Gasteiger partial charge is 0.220 e. The van der Waals surface area contributed by atoms with Gasteiger partial charge >= 0.3 is 0 Å². The van der Waals surface area contributed by atoms with Gasteiger partial charge in [-0.3, -0.25) is 4.79 Å². The van der Waals surface area contributed by atoms with Crippen LogP contribution in [0.25, 0.3) is 0 Å². The Bertz CT molecular complexity index is 268. The molecule has 0 aromatic heterocycles. The average Bonchev–Trinajstić information content (AvgIpc) is 2.32. The van der Waals surface area contributed by atoms with Crippen LogP contribution in [0.2, 0.25) is 0 Å². The minimum atomic E-state index is 0.217. The lowest BCUT2D eigenvalue weighted by Crippen LogP contribution is -2.50. The predicted octanol–water partition coefficient (Wildman–Crippen LogP) is 2.46. The summed E-state index contributed by atoms with van der Waals surface area (Å²) in [6.07, 6.45) is 8.52. The number of amides is 1. The van der Waals surface area contributed by atoms with Crippen molar-refractivity contribution in [2.24, 2.45) is 11.8 Å². The summed E-state index contributed by atoms with van der Waals surface area (Å²) in [5, 5.41) is 6.73. The van der Waals surface area contributed by atoms with Crippen LogP contribution in [0, 0.1) is 11.8 Å². The Kier molecular flexibility index (Phi) is 5.04. The molecule has 1 saturated heterocycles. The maximum absolute atomic E-state index is 11.1. The summed E-state index contributed by atoms with van der Waals surface area (Å²) < 4.78 is 0. The second kappa shape index (κ2) is 6.55. The first kappa shape index (κ1) is 13.9. The third kappa shape index (κ3) is 4.27. The quantitative estimate of drug-likeness (QED) is 0.807. The molecule has 0 aromatic rings. The Morgan fingerprint density at radius 3 is 2.78 bits per heavy atom. The van der Waals surface area contributed by atoms with Gasteiger partial charge < -0.3 is 10.6 Å². The van der Waals surface area contributed by atoms with Crippen LogP contribution in [0.3, 0.4) is 0 Å². The highest BCUT2D eigenvalue weighted by atomic mass is 16.1. The lowest BCUT2D eigenvalue weighted by Gasteiger charge is -2.34. The number of piperidine rings is 1. The van der Waals surface area contributed by atoms with Gasteiger partial charge in [-0.15, -0.1) is 0 Å². The fourth-order valence-corrected chi connectivity index (χ4v) is 3.53. The van der Waals surface area contributed by atoms with Gasteiger partial charge in [-0.05, 0) is 37.5 Å². The summed E-state index contributed by atoms with van der Waals surface area (Å²) in [6, 6.07) is 1.19. The summed E-state index contributed by atoms with van der Waals surface area (Å²) in [5.41, 5.74) is 0. The Morgan fingerprint density at radius 2 is 2.11 bits per heavy atom. The van der Waals surface area contributed by atoms with Crippen molar-refractivity contribution in [1.82, 2.24) is 10.6 Å². The molecule has 0 bridgehead atoms. The molecule has 1 heterocycles. The van der Waals surface area contributed by atoms with Gasteiger partial charge in [-0.1, -0.05) is 26.7 Å². The van der Waals surface area contributed by atoms with Crippen LogP contribution < -0.4 is 10.6 Å². The van der Waals surface area contributed by atoms with Gasteiger partial charge in [-0.2, -0.15) is 0 Å². The zero-order chi connectivity index (χ0) is 13.0. The molecule has 104 valence electrons. The minimum absolute atomic E-state index is 0.217. The number of nitrogens with one attached hydrogen (secondary N) is 2. The highest BCUT2D eigenvalue weighted by molar-refractivity contribution is 5.76. The van der Waals surface area contributed by atoms with Crippen molar-refractivity contribution in [3.8, 4) is 0 Å². The summed E-state index contributed by atoms with van der Waals surface area (Å²) in [7, 11) is 0. The zero-order valence-corrected chi connectivity index (χ0v) is 11.9. The van der Waals surface area contributed by atoms with Gasteiger partial charge in [0.1, 0.15) is 0 Å². The first-order valence-corrected chi connectivity index (χ1v) is 7.66. The van der Waals surface area contributed by atoms with E-state index in [1.54, 1.807) is 0 Å². The van der Waals surface area contributed by atoms with Crippen molar-refractivity contribution in [2.75, 3.05) is 6.54 Å². The fraction of sp³-hybridized carbons (Fsp3) is 0.933. The van der Waals surface area contributed by atoms with E-state index in [1.165, 1.54) is 32.1 Å². The third-order valence-electron chi connectivity index (χ3n) is 4.32. The van der Waals surface area contributed by atoms with Gasteiger partial charge in [-0.25, -0.2) is 0 Å². The van der Waals surface area contributed by atoms with E-state index in [2.05, 4.69) is 24.5 Å². The van der Waals surface area contributed by atoms with E-state index in [9.17, 15) is 4.79 Å². The van der Waals surface area contributed by atoms with Crippen molar-refractivity contribution in [3.63, 3.8) is 0 Å². The van der Waals surface area contributed by atoms with Crippen molar-refractivity contribution < 1.29 is 4.79 Å². The molecule has 3 unspecified atom stereocenters. The number of rotatable bonds is 4. The number of carbonyl (C=O) groups excluding carboxylic acids is 1. The first-order valence-electron chi connectivity index (χ1n) is 7.66. The van der Waals surface area contributed by atoms with E-state index in [0.29, 0.717) is 18.5 Å². The van der Waals surface area contributed by atoms with Gasteiger partial charge in [0.05, 0.1) is 0 Å². The normalized spacial score (nSPS) is 33.5. The van der Waals surface area contributed by atoms with Crippen molar-refractivity contribution >= 4 is 5.91 Å². The Hall–Kier alpha value is -0.570.